The van der Waals surface area contributed by atoms with Crippen LogP contribution in [0, 0.1) is 23.1 Å². The van der Waals surface area contributed by atoms with Crippen LogP contribution in [0.15, 0.2) is 18.2 Å². The number of carbonyl (C=O) groups excluding carboxylic acids is 1. The zero-order valence-electron chi connectivity index (χ0n) is 12.5. The summed E-state index contributed by atoms with van der Waals surface area (Å²) in [4.78, 5) is 16.8. The van der Waals surface area contributed by atoms with Crippen LogP contribution in [0.5, 0.6) is 0 Å². The zero-order valence-corrected chi connectivity index (χ0v) is 12.5. The third-order valence-corrected chi connectivity index (χ3v) is 4.19. The Labute approximate surface area is 128 Å². The van der Waals surface area contributed by atoms with Gasteiger partial charge >= 0.3 is 0 Å². The molecule has 2 heterocycles. The van der Waals surface area contributed by atoms with Crippen molar-refractivity contribution in [1.29, 1.82) is 5.26 Å². The average molecular weight is 303 g/mol. The van der Waals surface area contributed by atoms with Gasteiger partial charge in [0.1, 0.15) is 5.82 Å². The number of benzene rings is 1. The van der Waals surface area contributed by atoms with Crippen molar-refractivity contribution in [3.63, 3.8) is 0 Å². The zero-order chi connectivity index (χ0) is 15.7. The maximum absolute atomic E-state index is 13.6. The van der Waals surface area contributed by atoms with E-state index in [9.17, 15) is 9.18 Å². The molecule has 1 aromatic rings. The van der Waals surface area contributed by atoms with Gasteiger partial charge in [-0.3, -0.25) is 4.79 Å². The summed E-state index contributed by atoms with van der Waals surface area (Å²) in [6.07, 6.45) is 0. The van der Waals surface area contributed by atoms with Crippen LogP contribution < -0.4 is 0 Å². The van der Waals surface area contributed by atoms with Gasteiger partial charge in [-0.1, -0.05) is 0 Å². The molecular formula is C16H18FN3O2. The number of fused-ring (bicyclic) bond motifs is 3. The number of halogens is 1. The van der Waals surface area contributed by atoms with E-state index in [2.05, 4.69) is 4.90 Å². The Balaban J connectivity index is 1.91. The Bertz CT molecular complexity index is 628. The summed E-state index contributed by atoms with van der Waals surface area (Å²) < 4.78 is 19.2. The molecule has 22 heavy (non-hydrogen) atoms. The molecule has 0 radical (unpaired) electrons. The molecule has 2 aliphatic heterocycles. The van der Waals surface area contributed by atoms with Crippen LogP contribution in [0.1, 0.15) is 15.9 Å². The number of nitrogens with zero attached hydrogens (tertiary/aromatic N) is 3. The maximum Gasteiger partial charge on any atom is 0.254 e. The lowest BCUT2D eigenvalue weighted by Gasteiger charge is -2.29. The standard InChI is InChI=1S/C16H18FN3O2/c1-19-6-12-7-20(15(8-19)10-22-9-12)16(21)13-2-11(5-18)3-14(17)4-13/h2-4,12,15H,6-10H2,1H3/t12-,15-/m0/s1. The van der Waals surface area contributed by atoms with E-state index < -0.39 is 5.82 Å². The second-order valence-electron chi connectivity index (χ2n) is 6.08. The van der Waals surface area contributed by atoms with Crippen molar-refractivity contribution in [2.75, 3.05) is 39.9 Å². The quantitative estimate of drug-likeness (QED) is 0.779. The second kappa shape index (κ2) is 6.03. The highest BCUT2D eigenvalue weighted by Crippen LogP contribution is 2.21. The van der Waals surface area contributed by atoms with Crippen molar-refractivity contribution >= 4 is 5.91 Å². The third kappa shape index (κ3) is 2.96. The minimum Gasteiger partial charge on any atom is -0.379 e. The molecule has 2 fully saturated rings. The third-order valence-electron chi connectivity index (χ3n) is 4.19. The van der Waals surface area contributed by atoms with E-state index in [1.54, 1.807) is 4.90 Å². The minimum absolute atomic E-state index is 0.0428. The molecule has 0 saturated carbocycles. The van der Waals surface area contributed by atoms with Gasteiger partial charge in [-0.05, 0) is 25.2 Å². The molecule has 2 saturated heterocycles. The van der Waals surface area contributed by atoms with Crippen LogP contribution in [-0.4, -0.2) is 61.6 Å². The summed E-state index contributed by atoms with van der Waals surface area (Å²) >= 11 is 0. The van der Waals surface area contributed by atoms with E-state index in [0.717, 1.165) is 19.2 Å². The Morgan fingerprint density at radius 1 is 1.32 bits per heavy atom. The van der Waals surface area contributed by atoms with E-state index in [-0.39, 0.29) is 29.0 Å². The van der Waals surface area contributed by atoms with Gasteiger partial charge in [-0.25, -0.2) is 4.39 Å². The molecule has 116 valence electrons. The van der Waals surface area contributed by atoms with Crippen molar-refractivity contribution in [3.8, 4) is 6.07 Å². The van der Waals surface area contributed by atoms with Crippen molar-refractivity contribution in [2.24, 2.45) is 5.92 Å². The number of ether oxygens (including phenoxy) is 1. The van der Waals surface area contributed by atoms with Gasteiger partial charge in [-0.15, -0.1) is 0 Å². The molecule has 2 bridgehead atoms. The number of hydrogen-bond donors (Lipinski definition) is 0. The molecule has 0 aromatic heterocycles. The molecule has 6 heteroatoms. The molecule has 2 aliphatic rings. The van der Waals surface area contributed by atoms with Crippen LogP contribution in [0.2, 0.25) is 0 Å². The summed E-state index contributed by atoms with van der Waals surface area (Å²) in [6.45, 7) is 3.35. The van der Waals surface area contributed by atoms with Gasteiger partial charge in [0.05, 0.1) is 30.9 Å². The van der Waals surface area contributed by atoms with Crippen molar-refractivity contribution < 1.29 is 13.9 Å². The molecule has 2 atom stereocenters. The molecular weight excluding hydrogens is 285 g/mol. The summed E-state index contributed by atoms with van der Waals surface area (Å²) in [5, 5.41) is 8.94. The van der Waals surface area contributed by atoms with Gasteiger partial charge in [0.25, 0.3) is 5.91 Å². The number of likely N-dealkylation sites (N-methyl/N-ethyl adjacent to an activating group) is 1. The lowest BCUT2D eigenvalue weighted by molar-refractivity contribution is 0.0483. The van der Waals surface area contributed by atoms with Gasteiger partial charge in [-0.2, -0.15) is 5.26 Å². The summed E-state index contributed by atoms with van der Waals surface area (Å²) in [5.41, 5.74) is 0.390. The van der Waals surface area contributed by atoms with Crippen LogP contribution in [-0.2, 0) is 4.74 Å². The number of hydrogen-bond acceptors (Lipinski definition) is 4. The number of amides is 1. The monoisotopic (exact) mass is 303 g/mol. The normalized spacial score (nSPS) is 25.4. The number of rotatable bonds is 1. The Kier molecular flexibility index (Phi) is 4.10. The van der Waals surface area contributed by atoms with Crippen LogP contribution in [0.3, 0.4) is 0 Å². The molecule has 1 aromatic carbocycles. The van der Waals surface area contributed by atoms with Gasteiger partial charge in [0.2, 0.25) is 0 Å². The highest BCUT2D eigenvalue weighted by atomic mass is 19.1. The van der Waals surface area contributed by atoms with Gasteiger partial charge in [0, 0.05) is 31.1 Å². The van der Waals surface area contributed by atoms with Crippen LogP contribution in [0.25, 0.3) is 0 Å². The first-order valence-corrected chi connectivity index (χ1v) is 7.35. The predicted octanol–water partition coefficient (Wildman–Crippen LogP) is 1.10. The smallest absolute Gasteiger partial charge is 0.254 e. The summed E-state index contributed by atoms with van der Waals surface area (Å²) in [5.74, 6) is -0.536. The number of nitriles is 1. The molecule has 5 nitrogen and oxygen atoms in total. The van der Waals surface area contributed by atoms with E-state index >= 15 is 0 Å². The Hall–Kier alpha value is -1.97. The highest BCUT2D eigenvalue weighted by molar-refractivity contribution is 5.95. The first-order valence-electron chi connectivity index (χ1n) is 7.35. The van der Waals surface area contributed by atoms with E-state index in [4.69, 9.17) is 10.00 Å². The van der Waals surface area contributed by atoms with Gasteiger partial charge in [0.15, 0.2) is 0 Å². The first kappa shape index (κ1) is 14.9. The summed E-state index contributed by atoms with van der Waals surface area (Å²) in [6, 6.07) is 5.62. The Morgan fingerprint density at radius 2 is 2.14 bits per heavy atom. The molecule has 0 aliphatic carbocycles. The fourth-order valence-corrected chi connectivity index (χ4v) is 3.27. The highest BCUT2D eigenvalue weighted by Gasteiger charge is 2.35. The lowest BCUT2D eigenvalue weighted by atomic mass is 10.1. The molecule has 0 N–H and O–H groups in total. The lowest BCUT2D eigenvalue weighted by Crippen LogP contribution is -2.46. The average Bonchev–Trinajstić information content (AvgIpc) is 2.75. The molecule has 1 amide bonds. The van der Waals surface area contributed by atoms with Crippen molar-refractivity contribution in [1.82, 2.24) is 9.80 Å². The van der Waals surface area contributed by atoms with Crippen molar-refractivity contribution in [3.05, 3.63) is 35.1 Å². The maximum atomic E-state index is 13.6. The first-order chi connectivity index (χ1) is 10.6. The largest absolute Gasteiger partial charge is 0.379 e. The van der Waals surface area contributed by atoms with Crippen molar-refractivity contribution in [2.45, 2.75) is 6.04 Å². The molecule has 0 unspecified atom stereocenters. The SMILES string of the molecule is CN1C[C@@H]2COC[C@H](C1)N(C(=O)c1cc(F)cc(C#N)c1)C2. The number of carbonyl (C=O) groups is 1. The van der Waals surface area contributed by atoms with E-state index in [0.29, 0.717) is 19.8 Å². The van der Waals surface area contributed by atoms with Crippen LogP contribution >= 0.6 is 0 Å². The van der Waals surface area contributed by atoms with E-state index in [1.165, 1.54) is 12.1 Å². The fourth-order valence-electron chi connectivity index (χ4n) is 3.27. The van der Waals surface area contributed by atoms with Crippen LogP contribution in [0.4, 0.5) is 4.39 Å². The topological polar surface area (TPSA) is 56.6 Å². The van der Waals surface area contributed by atoms with E-state index in [1.807, 2.05) is 13.1 Å². The predicted molar refractivity (Wildman–Crippen MR) is 77.7 cm³/mol. The molecule has 3 rings (SSSR count). The second-order valence-corrected chi connectivity index (χ2v) is 6.08. The molecule has 0 spiro atoms. The Morgan fingerprint density at radius 3 is 2.91 bits per heavy atom. The fraction of sp³-hybridized carbons (Fsp3) is 0.500. The van der Waals surface area contributed by atoms with Gasteiger partial charge < -0.3 is 14.5 Å². The minimum atomic E-state index is -0.562. The summed E-state index contributed by atoms with van der Waals surface area (Å²) in [7, 11) is 2.04.